The lowest BCUT2D eigenvalue weighted by atomic mass is 10.2. The molecule has 0 aromatic carbocycles. The van der Waals surface area contributed by atoms with Crippen LogP contribution in [-0.2, 0) is 0 Å². The van der Waals surface area contributed by atoms with Gasteiger partial charge in [-0.2, -0.15) is 0 Å². The summed E-state index contributed by atoms with van der Waals surface area (Å²) in [7, 11) is 0. The molecule has 0 aromatic heterocycles. The Hall–Kier alpha value is -0.455. The van der Waals surface area contributed by atoms with E-state index in [0.29, 0.717) is 0 Å². The molecule has 57 valence electrons. The third-order valence-electron chi connectivity index (χ3n) is 0.925. The summed E-state index contributed by atoms with van der Waals surface area (Å²) in [6.07, 6.45) is 9.72. The first-order chi connectivity index (χ1) is 4.83. The van der Waals surface area contributed by atoms with E-state index in [1.807, 2.05) is 0 Å². The average molecular weight is 141 g/mol. The highest BCUT2D eigenvalue weighted by Crippen LogP contribution is 1.95. The van der Waals surface area contributed by atoms with Crippen molar-refractivity contribution < 1.29 is 10.0 Å². The standard InChI is InChI=1S/C7H12.BH2O2/c1-3-5-7-6-4-2;2-1-3/h1H,4-7H2,2H3;2-3H. The largest absolute Gasteiger partial charge is 0.482 e. The van der Waals surface area contributed by atoms with Crippen LogP contribution >= 0.6 is 0 Å². The third kappa shape index (κ3) is 25.7. The zero-order chi connectivity index (χ0) is 8.24. The minimum absolute atomic E-state index is 0. The van der Waals surface area contributed by atoms with Crippen LogP contribution in [0.15, 0.2) is 0 Å². The Morgan fingerprint density at radius 2 is 1.90 bits per heavy atom. The van der Waals surface area contributed by atoms with Gasteiger partial charge in [-0.25, -0.2) is 0 Å². The Bertz CT molecular complexity index is 78.2. The molecule has 0 aliphatic carbocycles. The summed E-state index contributed by atoms with van der Waals surface area (Å²) in [6, 6.07) is 0. The van der Waals surface area contributed by atoms with Gasteiger partial charge in [-0.15, -0.1) is 12.3 Å². The lowest BCUT2D eigenvalue weighted by molar-refractivity contribution is 0.448. The van der Waals surface area contributed by atoms with Gasteiger partial charge in [0.25, 0.3) is 0 Å². The van der Waals surface area contributed by atoms with Crippen molar-refractivity contribution in [1.82, 2.24) is 0 Å². The highest BCUT2D eigenvalue weighted by atomic mass is 16.4. The molecule has 2 nitrogen and oxygen atoms in total. The van der Waals surface area contributed by atoms with Crippen molar-refractivity contribution in [2.24, 2.45) is 0 Å². The first-order valence-corrected chi connectivity index (χ1v) is 3.37. The highest BCUT2D eigenvalue weighted by molar-refractivity contribution is 6.13. The van der Waals surface area contributed by atoms with Crippen LogP contribution in [0, 0.1) is 12.3 Å². The lowest BCUT2D eigenvalue weighted by Crippen LogP contribution is -1.75. The van der Waals surface area contributed by atoms with Crippen LogP contribution in [0.5, 0.6) is 0 Å². The van der Waals surface area contributed by atoms with Gasteiger partial charge in [-0.3, -0.25) is 0 Å². The van der Waals surface area contributed by atoms with Crippen molar-refractivity contribution in [2.45, 2.75) is 32.6 Å². The molecule has 0 aliphatic heterocycles. The molecule has 10 heavy (non-hydrogen) atoms. The van der Waals surface area contributed by atoms with Crippen LogP contribution in [0.2, 0.25) is 0 Å². The molecule has 0 aromatic rings. The van der Waals surface area contributed by atoms with Crippen LogP contribution in [0.4, 0.5) is 0 Å². The predicted octanol–water partition coefficient (Wildman–Crippen LogP) is 0.705. The summed E-state index contributed by atoms with van der Waals surface area (Å²) < 4.78 is 0. The zero-order valence-corrected chi connectivity index (χ0v) is 6.38. The van der Waals surface area contributed by atoms with Crippen LogP contribution in [0.1, 0.15) is 32.6 Å². The Labute approximate surface area is 63.6 Å². The zero-order valence-electron chi connectivity index (χ0n) is 6.38. The van der Waals surface area contributed by atoms with Crippen LogP contribution in [0.3, 0.4) is 0 Å². The summed E-state index contributed by atoms with van der Waals surface area (Å²) in [4.78, 5) is 0. The van der Waals surface area contributed by atoms with E-state index in [1.165, 1.54) is 19.3 Å². The van der Waals surface area contributed by atoms with Gasteiger partial charge in [-0.05, 0) is 6.42 Å². The molecule has 0 saturated heterocycles. The number of rotatable bonds is 3. The molecule has 0 unspecified atom stereocenters. The molecule has 0 atom stereocenters. The number of hydrogen-bond donors (Lipinski definition) is 2. The normalized spacial score (nSPS) is 7.00. The van der Waals surface area contributed by atoms with Crippen LogP contribution in [0.25, 0.3) is 0 Å². The van der Waals surface area contributed by atoms with Crippen LogP contribution < -0.4 is 0 Å². The molecule has 0 spiro atoms. The molecule has 0 fully saturated rings. The first kappa shape index (κ1) is 12.2. The van der Waals surface area contributed by atoms with Crippen LogP contribution in [-0.4, -0.2) is 17.7 Å². The van der Waals surface area contributed by atoms with Crippen molar-refractivity contribution in [2.75, 3.05) is 0 Å². The Morgan fingerprint density at radius 1 is 1.40 bits per heavy atom. The summed E-state index contributed by atoms with van der Waals surface area (Å²) >= 11 is 0. The molecule has 0 aliphatic rings. The van der Waals surface area contributed by atoms with E-state index in [9.17, 15) is 0 Å². The van der Waals surface area contributed by atoms with Crippen molar-refractivity contribution in [3.05, 3.63) is 0 Å². The smallest absolute Gasteiger partial charge is 0.429 e. The number of unbranched alkanes of at least 4 members (excludes halogenated alkanes) is 3. The lowest BCUT2D eigenvalue weighted by Gasteiger charge is -1.86. The molecule has 0 heterocycles. The van der Waals surface area contributed by atoms with E-state index < -0.39 is 0 Å². The fourth-order valence-corrected chi connectivity index (χ4v) is 0.477. The predicted molar refractivity (Wildman–Crippen MR) is 43.2 cm³/mol. The van der Waals surface area contributed by atoms with E-state index in [4.69, 9.17) is 16.5 Å². The average Bonchev–Trinajstić information content (AvgIpc) is 1.91. The molecule has 2 N–H and O–H groups in total. The Balaban J connectivity index is 0. The molecular formula is C7H14BO2. The second-order valence-corrected chi connectivity index (χ2v) is 1.78. The van der Waals surface area contributed by atoms with Gasteiger partial charge in [0.2, 0.25) is 0 Å². The Kier molecular flexibility index (Phi) is 19.4. The molecule has 0 saturated carbocycles. The highest BCUT2D eigenvalue weighted by Gasteiger charge is 1.77. The Morgan fingerprint density at radius 3 is 2.20 bits per heavy atom. The monoisotopic (exact) mass is 141 g/mol. The second kappa shape index (κ2) is 15.8. The molecule has 0 rings (SSSR count). The quantitative estimate of drug-likeness (QED) is 0.345. The molecule has 0 bridgehead atoms. The van der Waals surface area contributed by atoms with Crippen molar-refractivity contribution in [1.29, 1.82) is 0 Å². The van der Waals surface area contributed by atoms with Gasteiger partial charge in [0, 0.05) is 6.42 Å². The molecule has 0 amide bonds. The van der Waals surface area contributed by atoms with Gasteiger partial charge < -0.3 is 10.0 Å². The fourth-order valence-electron chi connectivity index (χ4n) is 0.477. The molecule has 1 radical (unpaired) electrons. The van der Waals surface area contributed by atoms with E-state index >= 15 is 0 Å². The maximum Gasteiger partial charge on any atom is 0.482 e. The summed E-state index contributed by atoms with van der Waals surface area (Å²) in [6.45, 7) is 2.18. The third-order valence-corrected chi connectivity index (χ3v) is 0.925. The summed E-state index contributed by atoms with van der Waals surface area (Å²) in [5, 5.41) is 14.0. The summed E-state index contributed by atoms with van der Waals surface area (Å²) in [5.74, 6) is 2.60. The van der Waals surface area contributed by atoms with Crippen molar-refractivity contribution in [3.8, 4) is 12.3 Å². The van der Waals surface area contributed by atoms with Crippen molar-refractivity contribution in [3.63, 3.8) is 0 Å². The van der Waals surface area contributed by atoms with Gasteiger partial charge in [0.1, 0.15) is 0 Å². The summed E-state index contributed by atoms with van der Waals surface area (Å²) in [5.41, 5.74) is 0. The van der Waals surface area contributed by atoms with Crippen molar-refractivity contribution >= 4 is 7.69 Å². The maximum absolute atomic E-state index is 7.00. The van der Waals surface area contributed by atoms with E-state index in [0.717, 1.165) is 6.42 Å². The van der Waals surface area contributed by atoms with Gasteiger partial charge in [-0.1, -0.05) is 19.8 Å². The maximum atomic E-state index is 7.00. The first-order valence-electron chi connectivity index (χ1n) is 3.37. The van der Waals surface area contributed by atoms with E-state index in [-0.39, 0.29) is 7.69 Å². The van der Waals surface area contributed by atoms with E-state index in [2.05, 4.69) is 12.8 Å². The van der Waals surface area contributed by atoms with Gasteiger partial charge >= 0.3 is 7.69 Å². The minimum atomic E-state index is 0. The van der Waals surface area contributed by atoms with E-state index in [1.54, 1.807) is 0 Å². The topological polar surface area (TPSA) is 40.5 Å². The molecular weight excluding hydrogens is 127 g/mol. The SMILES string of the molecule is C#CCCCCC.O[B]O. The second-order valence-electron chi connectivity index (χ2n) is 1.78. The molecule has 3 heteroatoms. The minimum Gasteiger partial charge on any atom is -0.429 e. The number of hydrogen-bond acceptors (Lipinski definition) is 2. The van der Waals surface area contributed by atoms with Gasteiger partial charge in [0.05, 0.1) is 0 Å². The number of terminal acetylenes is 1. The van der Waals surface area contributed by atoms with Gasteiger partial charge in [0.15, 0.2) is 0 Å². The fraction of sp³-hybridized carbons (Fsp3) is 0.714.